The van der Waals surface area contributed by atoms with Crippen molar-refractivity contribution in [2.75, 3.05) is 13.7 Å². The first-order chi connectivity index (χ1) is 15.4. The van der Waals surface area contributed by atoms with Crippen LogP contribution >= 0.6 is 27.5 Å². The van der Waals surface area contributed by atoms with E-state index in [-0.39, 0.29) is 12.4 Å². The third-order valence-corrected chi connectivity index (χ3v) is 4.79. The van der Waals surface area contributed by atoms with Crippen molar-refractivity contribution in [2.45, 2.75) is 0 Å². The smallest absolute Gasteiger partial charge is 0.343 e. The molecule has 0 heterocycles. The molecule has 0 saturated carbocycles. The van der Waals surface area contributed by atoms with E-state index < -0.39 is 11.9 Å². The number of hydrogen-bond acceptors (Lipinski definition) is 6. The highest BCUT2D eigenvalue weighted by molar-refractivity contribution is 9.10. The summed E-state index contributed by atoms with van der Waals surface area (Å²) >= 11 is 9.25. The van der Waals surface area contributed by atoms with E-state index >= 15 is 0 Å². The molecular weight excluding hydrogens is 500 g/mol. The quantitative estimate of drug-likeness (QED) is 0.200. The minimum Gasteiger partial charge on any atom is -0.497 e. The van der Waals surface area contributed by atoms with Gasteiger partial charge in [0.1, 0.15) is 17.2 Å². The minimum atomic E-state index is -0.538. The lowest BCUT2D eigenvalue weighted by molar-refractivity contribution is -0.123. The van der Waals surface area contributed by atoms with E-state index in [0.29, 0.717) is 27.6 Å². The van der Waals surface area contributed by atoms with Gasteiger partial charge in [0.05, 0.1) is 18.9 Å². The van der Waals surface area contributed by atoms with Crippen molar-refractivity contribution in [1.82, 2.24) is 5.43 Å². The van der Waals surface area contributed by atoms with Crippen LogP contribution < -0.4 is 19.6 Å². The van der Waals surface area contributed by atoms with E-state index in [9.17, 15) is 9.59 Å². The molecule has 9 heteroatoms. The second kappa shape index (κ2) is 11.3. The van der Waals surface area contributed by atoms with Crippen LogP contribution in [0.1, 0.15) is 15.9 Å². The summed E-state index contributed by atoms with van der Waals surface area (Å²) in [6, 6.07) is 18.3. The molecule has 0 aliphatic heterocycles. The minimum absolute atomic E-state index is 0.241. The van der Waals surface area contributed by atoms with Gasteiger partial charge in [0.15, 0.2) is 6.61 Å². The SMILES string of the molecule is COc1ccc(C(=O)Oc2ccc(Br)cc2C=NNC(=O)COc2cccc(Cl)c2)cc1. The molecule has 0 saturated heterocycles. The molecule has 3 aromatic carbocycles. The van der Waals surface area contributed by atoms with E-state index in [1.165, 1.54) is 6.21 Å². The summed E-state index contributed by atoms with van der Waals surface area (Å²) in [5, 5.41) is 4.42. The number of hydrazone groups is 1. The van der Waals surface area contributed by atoms with Crippen LogP contribution in [0.15, 0.2) is 76.3 Å². The molecule has 0 radical (unpaired) electrons. The molecule has 0 aromatic heterocycles. The highest BCUT2D eigenvalue weighted by Gasteiger charge is 2.12. The number of ether oxygens (including phenoxy) is 3. The molecule has 3 aromatic rings. The number of carbonyl (C=O) groups is 2. The number of halogens is 2. The van der Waals surface area contributed by atoms with Crippen LogP contribution in [0.5, 0.6) is 17.2 Å². The Labute approximate surface area is 198 Å². The molecule has 32 heavy (non-hydrogen) atoms. The largest absolute Gasteiger partial charge is 0.497 e. The lowest BCUT2D eigenvalue weighted by Crippen LogP contribution is -2.24. The monoisotopic (exact) mass is 516 g/mol. The average Bonchev–Trinajstić information content (AvgIpc) is 2.79. The first-order valence-corrected chi connectivity index (χ1v) is 10.5. The molecule has 1 amide bonds. The van der Waals surface area contributed by atoms with Crippen molar-refractivity contribution < 1.29 is 23.8 Å². The van der Waals surface area contributed by atoms with Crippen molar-refractivity contribution in [1.29, 1.82) is 0 Å². The van der Waals surface area contributed by atoms with E-state index in [1.807, 2.05) is 0 Å². The molecule has 0 aliphatic carbocycles. The van der Waals surface area contributed by atoms with Crippen molar-refractivity contribution in [3.63, 3.8) is 0 Å². The molecule has 1 N–H and O–H groups in total. The van der Waals surface area contributed by atoms with Gasteiger partial charge >= 0.3 is 5.97 Å². The predicted molar refractivity (Wildman–Crippen MR) is 125 cm³/mol. The Hall–Kier alpha value is -3.36. The molecule has 0 fully saturated rings. The van der Waals surface area contributed by atoms with Gasteiger partial charge in [0.25, 0.3) is 5.91 Å². The first-order valence-electron chi connectivity index (χ1n) is 9.30. The van der Waals surface area contributed by atoms with E-state index in [4.69, 9.17) is 25.8 Å². The summed E-state index contributed by atoms with van der Waals surface area (Å²) in [7, 11) is 1.54. The zero-order chi connectivity index (χ0) is 22.9. The van der Waals surface area contributed by atoms with E-state index in [2.05, 4.69) is 26.5 Å². The van der Waals surface area contributed by atoms with Crippen LogP contribution in [0.25, 0.3) is 0 Å². The number of rotatable bonds is 8. The zero-order valence-electron chi connectivity index (χ0n) is 16.9. The van der Waals surface area contributed by atoms with Gasteiger partial charge in [-0.1, -0.05) is 33.6 Å². The second-order valence-corrected chi connectivity index (χ2v) is 7.69. The standard InChI is InChI=1S/C23H18BrClN2O5/c1-30-19-8-5-15(6-9-19)23(29)32-21-10-7-17(24)11-16(21)13-26-27-22(28)14-31-20-4-2-3-18(25)12-20/h2-13H,14H2,1H3,(H,27,28). The molecule has 7 nitrogen and oxygen atoms in total. The molecule has 3 rings (SSSR count). The molecule has 0 aliphatic rings. The summed E-state index contributed by atoms with van der Waals surface area (Å²) in [4.78, 5) is 24.4. The molecule has 0 spiro atoms. The lowest BCUT2D eigenvalue weighted by atomic mass is 10.2. The van der Waals surface area contributed by atoms with Gasteiger partial charge in [-0.25, -0.2) is 10.2 Å². The fourth-order valence-electron chi connectivity index (χ4n) is 2.51. The first kappa shape index (κ1) is 23.3. The molecule has 0 unspecified atom stereocenters. The number of methoxy groups -OCH3 is 1. The number of nitrogens with zero attached hydrogens (tertiary/aromatic N) is 1. The fourth-order valence-corrected chi connectivity index (χ4v) is 3.07. The summed E-state index contributed by atoms with van der Waals surface area (Å²) in [5.41, 5.74) is 3.21. The van der Waals surface area contributed by atoms with Gasteiger partial charge in [-0.05, 0) is 60.7 Å². The summed E-state index contributed by atoms with van der Waals surface area (Å²) in [6.45, 7) is -0.241. The normalized spacial score (nSPS) is 10.6. The Morgan fingerprint density at radius 1 is 1.06 bits per heavy atom. The van der Waals surface area contributed by atoms with Crippen LogP contribution in [-0.4, -0.2) is 31.8 Å². The number of hydrogen-bond donors (Lipinski definition) is 1. The number of amides is 1. The number of carbonyl (C=O) groups excluding carboxylic acids is 2. The van der Waals surface area contributed by atoms with Gasteiger partial charge in [-0.15, -0.1) is 0 Å². The highest BCUT2D eigenvalue weighted by atomic mass is 79.9. The Morgan fingerprint density at radius 3 is 2.56 bits per heavy atom. The van der Waals surface area contributed by atoms with Crippen LogP contribution in [0.3, 0.4) is 0 Å². The zero-order valence-corrected chi connectivity index (χ0v) is 19.2. The van der Waals surface area contributed by atoms with Crippen LogP contribution in [0.4, 0.5) is 0 Å². The van der Waals surface area contributed by atoms with Crippen molar-refractivity contribution >= 4 is 45.6 Å². The summed E-state index contributed by atoms with van der Waals surface area (Å²) in [6.07, 6.45) is 1.37. The van der Waals surface area contributed by atoms with Crippen LogP contribution in [0, 0.1) is 0 Å². The maximum atomic E-state index is 12.5. The topological polar surface area (TPSA) is 86.2 Å². The highest BCUT2D eigenvalue weighted by Crippen LogP contribution is 2.23. The number of esters is 1. The Morgan fingerprint density at radius 2 is 1.84 bits per heavy atom. The Kier molecular flexibility index (Phi) is 8.24. The van der Waals surface area contributed by atoms with Gasteiger partial charge in [-0.3, -0.25) is 4.79 Å². The van der Waals surface area contributed by atoms with Crippen molar-refractivity contribution in [3.05, 3.63) is 87.4 Å². The van der Waals surface area contributed by atoms with E-state index in [0.717, 1.165) is 4.47 Å². The molecule has 164 valence electrons. The molecule has 0 atom stereocenters. The second-order valence-electron chi connectivity index (χ2n) is 6.34. The Bertz CT molecular complexity index is 1140. The van der Waals surface area contributed by atoms with Crippen molar-refractivity contribution in [3.8, 4) is 17.2 Å². The molecular formula is C23H18BrClN2O5. The van der Waals surface area contributed by atoms with E-state index in [1.54, 1.807) is 73.8 Å². The van der Waals surface area contributed by atoms with Crippen LogP contribution in [0.2, 0.25) is 5.02 Å². The van der Waals surface area contributed by atoms with Gasteiger partial charge in [0.2, 0.25) is 0 Å². The third-order valence-electron chi connectivity index (χ3n) is 4.06. The Balaban J connectivity index is 1.61. The predicted octanol–water partition coefficient (Wildman–Crippen LogP) is 4.86. The molecule has 0 bridgehead atoms. The van der Waals surface area contributed by atoms with Gasteiger partial charge in [-0.2, -0.15) is 5.10 Å². The maximum Gasteiger partial charge on any atom is 0.343 e. The number of nitrogens with one attached hydrogen (secondary N) is 1. The summed E-state index contributed by atoms with van der Waals surface area (Å²) in [5.74, 6) is 0.378. The summed E-state index contributed by atoms with van der Waals surface area (Å²) < 4.78 is 16.7. The third kappa shape index (κ3) is 6.83. The average molecular weight is 518 g/mol. The van der Waals surface area contributed by atoms with Gasteiger partial charge in [0, 0.05) is 15.1 Å². The number of benzene rings is 3. The lowest BCUT2D eigenvalue weighted by Gasteiger charge is -2.09. The maximum absolute atomic E-state index is 12.5. The van der Waals surface area contributed by atoms with Crippen molar-refractivity contribution in [2.24, 2.45) is 5.10 Å². The fraction of sp³-hybridized carbons (Fsp3) is 0.0870. The van der Waals surface area contributed by atoms with Gasteiger partial charge < -0.3 is 14.2 Å². The van der Waals surface area contributed by atoms with Crippen LogP contribution in [-0.2, 0) is 4.79 Å².